The van der Waals surface area contributed by atoms with Gasteiger partial charge in [-0.05, 0) is 53.6 Å². The van der Waals surface area contributed by atoms with Gasteiger partial charge in [-0.25, -0.2) is 0 Å². The third-order valence-corrected chi connectivity index (χ3v) is 7.41. The van der Waals surface area contributed by atoms with E-state index in [9.17, 15) is 31.1 Å². The van der Waals surface area contributed by atoms with Crippen LogP contribution in [0.25, 0.3) is 6.08 Å². The SMILES string of the molecule is O=C(CC1(CC(F)(F)F)CC1)c1ccc(/C=C/C(c2cc(Cl)c(Cl)c(Cl)c2)C(F)(F)F)cc1Br. The molecule has 1 fully saturated rings. The number of hydrogen-bond acceptors (Lipinski definition) is 1. The summed E-state index contributed by atoms with van der Waals surface area (Å²) in [6.45, 7) is 0. The second kappa shape index (κ2) is 10.0. The summed E-state index contributed by atoms with van der Waals surface area (Å²) in [7, 11) is 0. The molecule has 0 aromatic heterocycles. The Labute approximate surface area is 215 Å². The molecule has 3 rings (SSSR count). The molecule has 1 aliphatic rings. The van der Waals surface area contributed by atoms with Gasteiger partial charge in [-0.2, -0.15) is 26.3 Å². The quantitative estimate of drug-likeness (QED) is 0.174. The van der Waals surface area contributed by atoms with Gasteiger partial charge >= 0.3 is 12.4 Å². The van der Waals surface area contributed by atoms with E-state index in [4.69, 9.17) is 34.8 Å². The van der Waals surface area contributed by atoms with Gasteiger partial charge in [0.2, 0.25) is 0 Å². The molecule has 11 heteroatoms. The molecule has 0 aliphatic heterocycles. The maximum atomic E-state index is 13.7. The lowest BCUT2D eigenvalue weighted by atomic mass is 9.92. The summed E-state index contributed by atoms with van der Waals surface area (Å²) in [5.41, 5.74) is -0.739. The number of ketones is 1. The van der Waals surface area contributed by atoms with Crippen molar-refractivity contribution >= 4 is 62.6 Å². The Morgan fingerprint density at radius 2 is 1.62 bits per heavy atom. The summed E-state index contributed by atoms with van der Waals surface area (Å²) in [5.74, 6) is -2.49. The molecule has 0 spiro atoms. The van der Waals surface area contributed by atoms with E-state index in [0.29, 0.717) is 18.4 Å². The predicted molar refractivity (Wildman–Crippen MR) is 125 cm³/mol. The van der Waals surface area contributed by atoms with Crippen molar-refractivity contribution in [3.63, 3.8) is 0 Å². The monoisotopic (exact) mass is 606 g/mol. The highest BCUT2D eigenvalue weighted by Gasteiger charge is 2.51. The summed E-state index contributed by atoms with van der Waals surface area (Å²) < 4.78 is 79.7. The molecule has 1 unspecified atom stereocenters. The average Bonchev–Trinajstić information content (AvgIpc) is 3.41. The molecule has 0 radical (unpaired) electrons. The van der Waals surface area contributed by atoms with Crippen LogP contribution in [0.1, 0.15) is 53.1 Å². The van der Waals surface area contributed by atoms with Crippen LogP contribution in [-0.2, 0) is 0 Å². The lowest BCUT2D eigenvalue weighted by Gasteiger charge is -2.18. The largest absolute Gasteiger partial charge is 0.399 e. The van der Waals surface area contributed by atoms with Crippen molar-refractivity contribution in [2.75, 3.05) is 0 Å². The van der Waals surface area contributed by atoms with Crippen LogP contribution in [0.4, 0.5) is 26.3 Å². The van der Waals surface area contributed by atoms with E-state index in [0.717, 1.165) is 18.2 Å². The number of carbonyl (C=O) groups excluding carboxylic acids is 1. The number of halogens is 10. The molecule has 2 aromatic rings. The smallest absolute Gasteiger partial charge is 0.294 e. The first kappa shape index (κ1) is 27.4. The van der Waals surface area contributed by atoms with Crippen LogP contribution in [-0.4, -0.2) is 18.1 Å². The van der Waals surface area contributed by atoms with Crippen LogP contribution in [0.2, 0.25) is 15.1 Å². The molecular weight excluding hydrogens is 593 g/mol. The lowest BCUT2D eigenvalue weighted by molar-refractivity contribution is -0.147. The highest BCUT2D eigenvalue weighted by atomic mass is 79.9. The van der Waals surface area contributed by atoms with Crippen molar-refractivity contribution in [3.8, 4) is 0 Å². The van der Waals surface area contributed by atoms with Crippen molar-refractivity contribution in [2.24, 2.45) is 5.41 Å². The van der Waals surface area contributed by atoms with E-state index in [1.807, 2.05) is 0 Å². The summed E-state index contributed by atoms with van der Waals surface area (Å²) >= 11 is 20.8. The van der Waals surface area contributed by atoms with Crippen molar-refractivity contribution in [3.05, 3.63) is 72.6 Å². The molecule has 34 heavy (non-hydrogen) atoms. The number of benzene rings is 2. The van der Waals surface area contributed by atoms with Gasteiger partial charge in [0.1, 0.15) is 0 Å². The molecular formula is C23H16BrCl3F6O. The van der Waals surface area contributed by atoms with E-state index < -0.39 is 35.9 Å². The fourth-order valence-corrected chi connectivity index (χ4v) is 4.92. The number of hydrogen-bond donors (Lipinski definition) is 0. The fraction of sp³-hybridized carbons (Fsp3) is 0.348. The minimum Gasteiger partial charge on any atom is -0.294 e. The van der Waals surface area contributed by atoms with Gasteiger partial charge < -0.3 is 0 Å². The molecule has 0 amide bonds. The lowest BCUT2D eigenvalue weighted by Crippen LogP contribution is -2.19. The van der Waals surface area contributed by atoms with Crippen LogP contribution in [0.5, 0.6) is 0 Å². The standard InChI is InChI=1S/C23H16BrCl3F6O/c24-16-7-12(1-3-14(16)19(34)10-21(5-6-21)11-22(28,29)30)2-4-15(23(31,32)33)13-8-17(25)20(27)18(26)9-13/h1-4,7-9,15H,5-6,10-11H2/b4-2+. The summed E-state index contributed by atoms with van der Waals surface area (Å²) in [6.07, 6.45) is -7.46. The normalized spacial score (nSPS) is 16.6. The molecule has 1 atom stereocenters. The van der Waals surface area contributed by atoms with Crippen LogP contribution < -0.4 is 0 Å². The summed E-state index contributed by atoms with van der Waals surface area (Å²) in [6, 6.07) is 6.42. The average molecular weight is 609 g/mol. The first-order valence-electron chi connectivity index (χ1n) is 9.89. The molecule has 2 aromatic carbocycles. The fourth-order valence-electron chi connectivity index (χ4n) is 3.69. The number of alkyl halides is 6. The molecule has 0 heterocycles. The van der Waals surface area contributed by atoms with Crippen LogP contribution >= 0.6 is 50.7 Å². The van der Waals surface area contributed by atoms with E-state index in [2.05, 4.69) is 15.9 Å². The van der Waals surface area contributed by atoms with Crippen LogP contribution in [0, 0.1) is 5.41 Å². The first-order chi connectivity index (χ1) is 15.6. The van der Waals surface area contributed by atoms with Gasteiger partial charge in [0.25, 0.3) is 0 Å². The topological polar surface area (TPSA) is 17.1 Å². The first-order valence-corrected chi connectivity index (χ1v) is 11.8. The highest BCUT2D eigenvalue weighted by Crippen LogP contribution is 2.56. The zero-order chi connectivity index (χ0) is 25.5. The predicted octanol–water partition coefficient (Wildman–Crippen LogP) is 10.1. The van der Waals surface area contributed by atoms with Gasteiger partial charge in [-0.3, -0.25) is 4.79 Å². The molecule has 1 aliphatic carbocycles. The molecule has 0 N–H and O–H groups in total. The zero-order valence-corrected chi connectivity index (χ0v) is 21.0. The van der Waals surface area contributed by atoms with Crippen LogP contribution in [0.15, 0.2) is 40.9 Å². The molecule has 0 bridgehead atoms. The van der Waals surface area contributed by atoms with Crippen LogP contribution in [0.3, 0.4) is 0 Å². The number of rotatable bonds is 7. The minimum atomic E-state index is -4.65. The summed E-state index contributed by atoms with van der Waals surface area (Å²) in [4.78, 5) is 12.6. The van der Waals surface area contributed by atoms with E-state index in [1.54, 1.807) is 0 Å². The Kier molecular flexibility index (Phi) is 8.08. The number of carbonyl (C=O) groups is 1. The summed E-state index contributed by atoms with van der Waals surface area (Å²) in [5, 5.41) is -0.280. The zero-order valence-electron chi connectivity index (χ0n) is 17.1. The number of allylic oxidation sites excluding steroid dienone is 1. The molecule has 184 valence electrons. The third kappa shape index (κ3) is 6.93. The second-order valence-electron chi connectivity index (χ2n) is 8.31. The Bertz CT molecular complexity index is 1100. The Morgan fingerprint density at radius 1 is 1.03 bits per heavy atom. The van der Waals surface area contributed by atoms with E-state index in [1.165, 1.54) is 24.3 Å². The Hall–Kier alpha value is -1.22. The van der Waals surface area contributed by atoms with Crippen molar-refractivity contribution in [1.29, 1.82) is 0 Å². The second-order valence-corrected chi connectivity index (χ2v) is 10.4. The van der Waals surface area contributed by atoms with Gasteiger partial charge in [0.15, 0.2) is 5.78 Å². The minimum absolute atomic E-state index is 0.0515. The maximum absolute atomic E-state index is 13.7. The van der Waals surface area contributed by atoms with Gasteiger partial charge in [0, 0.05) is 22.9 Å². The number of Topliss-reactive ketones (excluding diaryl/α,β-unsaturated/α-hetero) is 1. The van der Waals surface area contributed by atoms with E-state index in [-0.39, 0.29) is 37.1 Å². The Balaban J connectivity index is 1.81. The molecule has 1 nitrogen and oxygen atoms in total. The Morgan fingerprint density at radius 3 is 2.09 bits per heavy atom. The van der Waals surface area contributed by atoms with Crippen molar-refractivity contribution < 1.29 is 31.1 Å². The van der Waals surface area contributed by atoms with Crippen molar-refractivity contribution in [2.45, 2.75) is 44.0 Å². The molecule has 0 saturated heterocycles. The van der Waals surface area contributed by atoms with E-state index >= 15 is 0 Å². The molecule has 1 saturated carbocycles. The maximum Gasteiger partial charge on any atom is 0.399 e. The van der Waals surface area contributed by atoms with Crippen molar-refractivity contribution in [1.82, 2.24) is 0 Å². The van der Waals surface area contributed by atoms with Gasteiger partial charge in [-0.1, -0.05) is 69.0 Å². The van der Waals surface area contributed by atoms with Gasteiger partial charge in [0.05, 0.1) is 21.0 Å². The third-order valence-electron chi connectivity index (χ3n) is 5.56. The highest BCUT2D eigenvalue weighted by molar-refractivity contribution is 9.10. The van der Waals surface area contributed by atoms with Gasteiger partial charge in [-0.15, -0.1) is 0 Å².